The molecule has 0 saturated carbocycles. The van der Waals surface area contributed by atoms with E-state index in [-0.39, 0.29) is 19.0 Å². The van der Waals surface area contributed by atoms with E-state index in [4.69, 9.17) is 9.47 Å². The summed E-state index contributed by atoms with van der Waals surface area (Å²) < 4.78 is 10.7. The van der Waals surface area contributed by atoms with Gasteiger partial charge < -0.3 is 14.5 Å². The average molecular weight is 422 g/mol. The Bertz CT molecular complexity index is 974. The summed E-state index contributed by atoms with van der Waals surface area (Å²) in [5, 5.41) is 0.775. The van der Waals surface area contributed by atoms with E-state index in [0.29, 0.717) is 11.3 Å². The number of para-hydroxylation sites is 1. The molecule has 0 unspecified atom stereocenters. The van der Waals surface area contributed by atoms with Crippen LogP contribution >= 0.6 is 0 Å². The smallest absolute Gasteiger partial charge is 0.340 e. The van der Waals surface area contributed by atoms with Crippen LogP contribution in [0.25, 0.3) is 10.9 Å². The molecule has 0 aliphatic heterocycles. The van der Waals surface area contributed by atoms with Crippen molar-refractivity contribution in [3.05, 3.63) is 65.9 Å². The van der Waals surface area contributed by atoms with Gasteiger partial charge >= 0.3 is 5.97 Å². The first kappa shape index (κ1) is 22.6. The number of carbonyl (C=O) groups is 2. The number of ether oxygens (including phenoxy) is 2. The number of hydrogen-bond acceptors (Lipinski definition) is 4. The number of esters is 1. The third-order valence-corrected chi connectivity index (χ3v) is 5.32. The van der Waals surface area contributed by atoms with Crippen LogP contribution in [-0.2, 0) is 16.0 Å². The van der Waals surface area contributed by atoms with Gasteiger partial charge in [0.05, 0.1) is 5.56 Å². The molecule has 5 heteroatoms. The van der Waals surface area contributed by atoms with Gasteiger partial charge in [-0.3, -0.25) is 4.79 Å². The Balaban J connectivity index is 1.36. The Labute approximate surface area is 183 Å². The summed E-state index contributed by atoms with van der Waals surface area (Å²) in [4.78, 5) is 27.3. The van der Waals surface area contributed by atoms with Crippen molar-refractivity contribution >= 4 is 22.7 Å². The zero-order valence-electron chi connectivity index (χ0n) is 18.2. The predicted octanol–water partition coefficient (Wildman–Crippen LogP) is 5.88. The van der Waals surface area contributed by atoms with Gasteiger partial charge in [-0.25, -0.2) is 4.79 Å². The summed E-state index contributed by atoms with van der Waals surface area (Å²) in [5.41, 5.74) is 2.55. The lowest BCUT2D eigenvalue weighted by molar-refractivity contribution is -0.124. The van der Waals surface area contributed by atoms with Crippen LogP contribution in [0.4, 0.5) is 0 Å². The number of Topliss-reactive ketones (excluding diaryl/α,β-unsaturated/α-hetero) is 1. The number of aromatic amines is 1. The SMILES string of the molecule is CCCCCCCCc1ccc(OCC(=O)COC(=O)c2c[nH]c3ccccc23)cc1. The van der Waals surface area contributed by atoms with Crippen molar-refractivity contribution in [3.63, 3.8) is 0 Å². The van der Waals surface area contributed by atoms with Gasteiger partial charge in [0.25, 0.3) is 0 Å². The van der Waals surface area contributed by atoms with Gasteiger partial charge in [-0.2, -0.15) is 0 Å². The van der Waals surface area contributed by atoms with Gasteiger partial charge in [0.2, 0.25) is 5.78 Å². The van der Waals surface area contributed by atoms with Crippen molar-refractivity contribution in [1.29, 1.82) is 0 Å². The molecule has 3 aromatic rings. The highest BCUT2D eigenvalue weighted by Crippen LogP contribution is 2.18. The number of unbranched alkanes of at least 4 members (excludes halogenated alkanes) is 5. The van der Waals surface area contributed by atoms with Crippen molar-refractivity contribution in [3.8, 4) is 5.75 Å². The molecular formula is C26H31NO4. The third-order valence-electron chi connectivity index (χ3n) is 5.32. The summed E-state index contributed by atoms with van der Waals surface area (Å²) in [5.74, 6) is -0.169. The summed E-state index contributed by atoms with van der Waals surface area (Å²) >= 11 is 0. The van der Waals surface area contributed by atoms with Crippen LogP contribution in [0.1, 0.15) is 61.4 Å². The molecule has 1 aromatic heterocycles. The zero-order chi connectivity index (χ0) is 21.9. The van der Waals surface area contributed by atoms with Gasteiger partial charge in [0, 0.05) is 17.1 Å². The number of nitrogens with one attached hydrogen (secondary N) is 1. The number of H-pyrrole nitrogens is 1. The van der Waals surface area contributed by atoms with Gasteiger partial charge in [0.15, 0.2) is 6.61 Å². The number of rotatable bonds is 13. The molecule has 0 aliphatic rings. The minimum absolute atomic E-state index is 0.127. The molecule has 1 N–H and O–H groups in total. The summed E-state index contributed by atoms with van der Waals surface area (Å²) in [6.45, 7) is 1.79. The van der Waals surface area contributed by atoms with Crippen LogP contribution < -0.4 is 4.74 Å². The topological polar surface area (TPSA) is 68.4 Å². The number of carbonyl (C=O) groups excluding carboxylic acids is 2. The number of hydrogen-bond donors (Lipinski definition) is 1. The van der Waals surface area contributed by atoms with E-state index in [2.05, 4.69) is 11.9 Å². The highest BCUT2D eigenvalue weighted by Gasteiger charge is 2.15. The van der Waals surface area contributed by atoms with Gasteiger partial charge in [-0.15, -0.1) is 0 Å². The van der Waals surface area contributed by atoms with Crippen molar-refractivity contribution in [2.24, 2.45) is 0 Å². The molecule has 0 fully saturated rings. The zero-order valence-corrected chi connectivity index (χ0v) is 18.2. The van der Waals surface area contributed by atoms with Crippen LogP contribution in [-0.4, -0.2) is 30.0 Å². The first-order valence-electron chi connectivity index (χ1n) is 11.1. The third kappa shape index (κ3) is 6.99. The van der Waals surface area contributed by atoms with E-state index in [1.54, 1.807) is 6.20 Å². The average Bonchev–Trinajstić information content (AvgIpc) is 3.23. The maximum absolute atomic E-state index is 12.3. The second-order valence-corrected chi connectivity index (χ2v) is 7.81. The molecule has 0 saturated heterocycles. The normalized spacial score (nSPS) is 10.9. The van der Waals surface area contributed by atoms with E-state index in [0.717, 1.165) is 17.3 Å². The Hall–Kier alpha value is -3.08. The Morgan fingerprint density at radius 2 is 1.61 bits per heavy atom. The molecule has 2 aromatic carbocycles. The number of fused-ring (bicyclic) bond motifs is 1. The molecule has 3 rings (SSSR count). The fraction of sp³-hybridized carbons (Fsp3) is 0.385. The molecule has 0 spiro atoms. The molecule has 0 bridgehead atoms. The van der Waals surface area contributed by atoms with Crippen molar-refractivity contribution in [2.75, 3.05) is 13.2 Å². The lowest BCUT2D eigenvalue weighted by Gasteiger charge is -2.08. The number of benzene rings is 2. The molecule has 31 heavy (non-hydrogen) atoms. The maximum atomic E-state index is 12.3. The van der Waals surface area contributed by atoms with Crippen LogP contribution in [0.15, 0.2) is 54.7 Å². The molecular weight excluding hydrogens is 390 g/mol. The van der Waals surface area contributed by atoms with Gasteiger partial charge in [-0.1, -0.05) is 69.4 Å². The van der Waals surface area contributed by atoms with E-state index < -0.39 is 5.97 Å². The van der Waals surface area contributed by atoms with E-state index in [9.17, 15) is 9.59 Å². The largest absolute Gasteiger partial charge is 0.486 e. The summed E-state index contributed by atoms with van der Waals surface area (Å²) in [6, 6.07) is 15.3. The van der Waals surface area contributed by atoms with Gasteiger partial charge in [-0.05, 0) is 36.6 Å². The van der Waals surface area contributed by atoms with E-state index in [1.165, 1.54) is 44.1 Å². The lowest BCUT2D eigenvalue weighted by Crippen LogP contribution is -2.20. The Kier molecular flexibility index (Phi) is 8.71. The molecule has 164 valence electrons. The predicted molar refractivity (Wildman–Crippen MR) is 123 cm³/mol. The number of aromatic nitrogens is 1. The van der Waals surface area contributed by atoms with E-state index >= 15 is 0 Å². The highest BCUT2D eigenvalue weighted by atomic mass is 16.5. The maximum Gasteiger partial charge on any atom is 0.340 e. The van der Waals surface area contributed by atoms with Crippen LogP contribution in [0.5, 0.6) is 5.75 Å². The molecule has 0 aliphatic carbocycles. The minimum atomic E-state index is -0.523. The van der Waals surface area contributed by atoms with Crippen LogP contribution in [0, 0.1) is 0 Å². The quantitative estimate of drug-likeness (QED) is 0.277. The standard InChI is InChI=1S/C26H31NO4/c1-2-3-4-5-6-7-10-20-13-15-22(16-14-20)30-18-21(28)19-31-26(29)24-17-27-25-12-9-8-11-23(24)25/h8-9,11-17,27H,2-7,10,18-19H2,1H3. The fourth-order valence-electron chi connectivity index (χ4n) is 3.53. The molecule has 0 atom stereocenters. The first-order valence-corrected chi connectivity index (χ1v) is 11.1. The van der Waals surface area contributed by atoms with Crippen LogP contribution in [0.3, 0.4) is 0 Å². The molecule has 5 nitrogen and oxygen atoms in total. The first-order chi connectivity index (χ1) is 15.2. The van der Waals surface area contributed by atoms with Crippen molar-refractivity contribution in [2.45, 2.75) is 51.9 Å². The Morgan fingerprint density at radius 3 is 2.42 bits per heavy atom. The lowest BCUT2D eigenvalue weighted by atomic mass is 10.0. The fourth-order valence-corrected chi connectivity index (χ4v) is 3.53. The van der Waals surface area contributed by atoms with E-state index in [1.807, 2.05) is 48.5 Å². The highest BCUT2D eigenvalue weighted by molar-refractivity contribution is 6.04. The second-order valence-electron chi connectivity index (χ2n) is 7.81. The molecule has 1 heterocycles. The number of ketones is 1. The second kappa shape index (κ2) is 11.9. The summed E-state index contributed by atoms with van der Waals surface area (Å²) in [6.07, 6.45) is 10.4. The molecule has 0 amide bonds. The number of aryl methyl sites for hydroxylation is 1. The van der Waals surface area contributed by atoms with Crippen LogP contribution in [0.2, 0.25) is 0 Å². The van der Waals surface area contributed by atoms with Crippen molar-refractivity contribution in [1.82, 2.24) is 4.98 Å². The Morgan fingerprint density at radius 1 is 0.871 bits per heavy atom. The van der Waals surface area contributed by atoms with Crippen molar-refractivity contribution < 1.29 is 19.1 Å². The minimum Gasteiger partial charge on any atom is -0.486 e. The summed E-state index contributed by atoms with van der Waals surface area (Å²) in [7, 11) is 0. The monoisotopic (exact) mass is 421 g/mol. The molecule has 0 radical (unpaired) electrons. The van der Waals surface area contributed by atoms with Gasteiger partial charge in [0.1, 0.15) is 12.4 Å².